The number of ether oxygens (including phenoxy) is 2. The minimum Gasteiger partial charge on any atom is -0.433 e. The van der Waals surface area contributed by atoms with Crippen molar-refractivity contribution in [1.82, 2.24) is 0 Å². The maximum Gasteiger partial charge on any atom is 0.387 e. The molecule has 2 rings (SSSR count). The van der Waals surface area contributed by atoms with Crippen LogP contribution in [0.3, 0.4) is 0 Å². The highest BCUT2D eigenvalue weighted by Crippen LogP contribution is 2.31. The van der Waals surface area contributed by atoms with E-state index >= 15 is 0 Å². The van der Waals surface area contributed by atoms with Gasteiger partial charge in [0.25, 0.3) is 0 Å². The third-order valence-electron chi connectivity index (χ3n) is 2.97. The first-order chi connectivity index (χ1) is 9.04. The molecule has 0 amide bonds. The highest BCUT2D eigenvalue weighted by Gasteiger charge is 2.37. The second-order valence-electron chi connectivity index (χ2n) is 4.53. The molecule has 0 atom stereocenters. The molecule has 1 heterocycles. The van der Waals surface area contributed by atoms with Gasteiger partial charge >= 0.3 is 6.61 Å². The third kappa shape index (κ3) is 3.46. The van der Waals surface area contributed by atoms with Gasteiger partial charge in [-0.2, -0.15) is 8.78 Å². The van der Waals surface area contributed by atoms with Crippen LogP contribution in [0.15, 0.2) is 18.2 Å². The summed E-state index contributed by atoms with van der Waals surface area (Å²) >= 11 is 5.83. The molecule has 106 valence electrons. The van der Waals surface area contributed by atoms with Crippen molar-refractivity contribution < 1.29 is 23.4 Å². The van der Waals surface area contributed by atoms with Gasteiger partial charge in [-0.1, -0.05) is 11.6 Å². The van der Waals surface area contributed by atoms with Crippen LogP contribution < -0.4 is 10.1 Å². The molecule has 0 unspecified atom stereocenters. The lowest BCUT2D eigenvalue weighted by atomic mass is 9.87. The van der Waals surface area contributed by atoms with Gasteiger partial charge in [-0.25, -0.2) is 0 Å². The molecule has 0 aromatic heterocycles. The Hall–Kier alpha value is -1.11. The monoisotopic (exact) mass is 293 g/mol. The van der Waals surface area contributed by atoms with Gasteiger partial charge in [-0.15, -0.1) is 0 Å². The summed E-state index contributed by atoms with van der Waals surface area (Å²) in [6, 6.07) is 4.47. The molecule has 1 aromatic rings. The highest BCUT2D eigenvalue weighted by atomic mass is 35.5. The Kier molecular flexibility index (Phi) is 4.44. The largest absolute Gasteiger partial charge is 0.433 e. The minimum absolute atomic E-state index is 0.0281. The molecule has 0 aliphatic carbocycles. The van der Waals surface area contributed by atoms with E-state index in [1.165, 1.54) is 12.1 Å². The normalized spacial score (nSPS) is 17.1. The number of benzene rings is 1. The molecule has 1 fully saturated rings. The van der Waals surface area contributed by atoms with E-state index in [0.717, 1.165) is 0 Å². The van der Waals surface area contributed by atoms with Crippen LogP contribution in [-0.2, 0) is 4.74 Å². The van der Waals surface area contributed by atoms with Crippen molar-refractivity contribution in [3.05, 3.63) is 23.2 Å². The van der Waals surface area contributed by atoms with Gasteiger partial charge in [-0.3, -0.25) is 0 Å². The van der Waals surface area contributed by atoms with Gasteiger partial charge in [0.2, 0.25) is 0 Å². The van der Waals surface area contributed by atoms with Gasteiger partial charge in [-0.05, 0) is 18.2 Å². The molecule has 0 bridgehead atoms. The van der Waals surface area contributed by atoms with E-state index in [1.807, 2.05) is 0 Å². The molecule has 1 aliphatic rings. The first kappa shape index (κ1) is 14.3. The summed E-state index contributed by atoms with van der Waals surface area (Å²) in [7, 11) is 0. The number of halogens is 3. The van der Waals surface area contributed by atoms with Crippen molar-refractivity contribution >= 4 is 17.3 Å². The number of aliphatic hydroxyl groups is 1. The van der Waals surface area contributed by atoms with Gasteiger partial charge in [0.1, 0.15) is 5.75 Å². The number of nitrogens with one attached hydrogen (secondary N) is 1. The zero-order valence-corrected chi connectivity index (χ0v) is 10.8. The molecule has 1 aromatic carbocycles. The maximum atomic E-state index is 12.1. The average Bonchev–Trinajstić information content (AvgIpc) is 2.31. The van der Waals surface area contributed by atoms with E-state index in [9.17, 15) is 13.9 Å². The Morgan fingerprint density at radius 2 is 2.21 bits per heavy atom. The summed E-state index contributed by atoms with van der Waals surface area (Å²) in [5.41, 5.74) is 0.399. The molecular weight excluding hydrogens is 280 g/mol. The number of hydrogen-bond acceptors (Lipinski definition) is 4. The lowest BCUT2D eigenvalue weighted by Gasteiger charge is -2.40. The van der Waals surface area contributed by atoms with Crippen molar-refractivity contribution in [2.45, 2.75) is 6.61 Å². The standard InChI is InChI=1S/C12H14ClF2NO3/c13-9-3-8(1-2-10(9)19-11(14)15)16-4-12(5-17)6-18-7-12/h1-3,11,16-17H,4-7H2. The van der Waals surface area contributed by atoms with Crippen LogP contribution in [0.2, 0.25) is 5.02 Å². The quantitative estimate of drug-likeness (QED) is 0.845. The summed E-state index contributed by atoms with van der Waals surface area (Å²) in [6.07, 6.45) is 0. The molecule has 1 aliphatic heterocycles. The first-order valence-corrected chi connectivity index (χ1v) is 6.09. The number of aliphatic hydroxyl groups excluding tert-OH is 1. The molecule has 1 saturated heterocycles. The fourth-order valence-electron chi connectivity index (χ4n) is 1.73. The lowest BCUT2D eigenvalue weighted by Crippen LogP contribution is -2.50. The fourth-order valence-corrected chi connectivity index (χ4v) is 1.96. The van der Waals surface area contributed by atoms with Crippen LogP contribution in [0, 0.1) is 5.41 Å². The van der Waals surface area contributed by atoms with Crippen molar-refractivity contribution in [3.8, 4) is 5.75 Å². The van der Waals surface area contributed by atoms with Crippen molar-refractivity contribution in [2.75, 3.05) is 31.7 Å². The van der Waals surface area contributed by atoms with Crippen LogP contribution in [0.1, 0.15) is 0 Å². The zero-order valence-electron chi connectivity index (χ0n) is 10.0. The summed E-state index contributed by atoms with van der Waals surface area (Å²) < 4.78 is 33.5. The molecular formula is C12H14ClF2NO3. The van der Waals surface area contributed by atoms with Gasteiger partial charge in [0.15, 0.2) is 0 Å². The molecule has 2 N–H and O–H groups in total. The number of alkyl halides is 2. The van der Waals surface area contributed by atoms with Gasteiger partial charge < -0.3 is 19.9 Å². The van der Waals surface area contributed by atoms with E-state index in [2.05, 4.69) is 10.1 Å². The molecule has 7 heteroatoms. The SMILES string of the molecule is OCC1(CNc2ccc(OC(F)F)c(Cl)c2)COC1. The van der Waals surface area contributed by atoms with E-state index in [1.54, 1.807) is 6.07 Å². The van der Waals surface area contributed by atoms with Crippen LogP contribution in [-0.4, -0.2) is 38.1 Å². The Morgan fingerprint density at radius 1 is 1.47 bits per heavy atom. The van der Waals surface area contributed by atoms with Crippen molar-refractivity contribution in [2.24, 2.45) is 5.41 Å². The first-order valence-electron chi connectivity index (χ1n) is 5.71. The summed E-state index contributed by atoms with van der Waals surface area (Å²) in [6.45, 7) is -1.36. The average molecular weight is 294 g/mol. The Balaban J connectivity index is 1.96. The lowest BCUT2D eigenvalue weighted by molar-refractivity contribution is -0.128. The molecule has 0 radical (unpaired) electrons. The van der Waals surface area contributed by atoms with E-state index < -0.39 is 6.61 Å². The number of hydrogen-bond donors (Lipinski definition) is 2. The van der Waals surface area contributed by atoms with Crippen LogP contribution >= 0.6 is 11.6 Å². The fraction of sp³-hybridized carbons (Fsp3) is 0.500. The minimum atomic E-state index is -2.90. The summed E-state index contributed by atoms with van der Waals surface area (Å²) in [4.78, 5) is 0. The predicted octanol–water partition coefficient (Wildman–Crippen LogP) is 2.36. The Morgan fingerprint density at radius 3 is 2.68 bits per heavy atom. The topological polar surface area (TPSA) is 50.7 Å². The second-order valence-corrected chi connectivity index (χ2v) is 4.94. The molecule has 0 spiro atoms. The van der Waals surface area contributed by atoms with Crippen molar-refractivity contribution in [1.29, 1.82) is 0 Å². The van der Waals surface area contributed by atoms with E-state index in [4.69, 9.17) is 16.3 Å². The van der Waals surface area contributed by atoms with E-state index in [-0.39, 0.29) is 22.8 Å². The Labute approximate surface area is 114 Å². The highest BCUT2D eigenvalue weighted by molar-refractivity contribution is 6.32. The van der Waals surface area contributed by atoms with Crippen LogP contribution in [0.5, 0.6) is 5.75 Å². The van der Waals surface area contributed by atoms with Gasteiger partial charge in [0.05, 0.1) is 30.3 Å². The summed E-state index contributed by atoms with van der Waals surface area (Å²) in [5, 5.41) is 12.5. The van der Waals surface area contributed by atoms with Crippen molar-refractivity contribution in [3.63, 3.8) is 0 Å². The predicted molar refractivity (Wildman–Crippen MR) is 66.9 cm³/mol. The third-order valence-corrected chi connectivity index (χ3v) is 3.26. The maximum absolute atomic E-state index is 12.1. The molecule has 0 saturated carbocycles. The van der Waals surface area contributed by atoms with Crippen LogP contribution in [0.4, 0.5) is 14.5 Å². The Bertz CT molecular complexity index is 435. The second kappa shape index (κ2) is 5.90. The van der Waals surface area contributed by atoms with E-state index in [0.29, 0.717) is 25.4 Å². The zero-order chi connectivity index (χ0) is 13.9. The van der Waals surface area contributed by atoms with Gasteiger partial charge in [0, 0.05) is 12.2 Å². The smallest absolute Gasteiger partial charge is 0.387 e. The molecule has 19 heavy (non-hydrogen) atoms. The number of anilines is 1. The van der Waals surface area contributed by atoms with Crippen LogP contribution in [0.25, 0.3) is 0 Å². The summed E-state index contributed by atoms with van der Waals surface area (Å²) in [5.74, 6) is -0.0638. The molecule has 4 nitrogen and oxygen atoms in total. The number of rotatable bonds is 6.